The molecule has 4 rings (SSSR count). The van der Waals surface area contributed by atoms with Crippen molar-refractivity contribution in [2.75, 3.05) is 5.32 Å². The number of phenols is 1. The van der Waals surface area contributed by atoms with Crippen molar-refractivity contribution >= 4 is 23.2 Å². The molecule has 2 aromatic carbocycles. The minimum atomic E-state index is -0.445. The minimum Gasteiger partial charge on any atom is -0.506 e. The molecule has 1 amide bonds. The van der Waals surface area contributed by atoms with E-state index in [0.29, 0.717) is 22.2 Å². The molecule has 28 heavy (non-hydrogen) atoms. The first kappa shape index (κ1) is 17.9. The second kappa shape index (κ2) is 7.25. The molecule has 0 radical (unpaired) electrons. The Balaban J connectivity index is 1.72. The van der Waals surface area contributed by atoms with Crippen LogP contribution >= 0.6 is 11.6 Å². The molecule has 2 N–H and O–H groups in total. The monoisotopic (exact) mass is 393 g/mol. The third-order valence-electron chi connectivity index (χ3n) is 4.19. The number of carbonyl (C=O) groups is 1. The largest absolute Gasteiger partial charge is 0.506 e. The lowest BCUT2D eigenvalue weighted by molar-refractivity contribution is 0.102. The summed E-state index contributed by atoms with van der Waals surface area (Å²) in [5, 5.41) is 17.7. The van der Waals surface area contributed by atoms with Gasteiger partial charge in [0.05, 0.1) is 17.6 Å². The van der Waals surface area contributed by atoms with E-state index < -0.39 is 5.91 Å². The normalized spacial score (nSPS) is 10.8. The number of nitrogens with zero attached hydrogens (tertiary/aromatic N) is 2. The van der Waals surface area contributed by atoms with E-state index in [9.17, 15) is 9.90 Å². The van der Waals surface area contributed by atoms with Crippen LogP contribution in [0, 0.1) is 6.92 Å². The predicted octanol–water partition coefficient (Wildman–Crippen LogP) is 5.05. The van der Waals surface area contributed by atoms with Crippen molar-refractivity contribution in [3.05, 3.63) is 83.2 Å². The topological polar surface area (TPSA) is 80.3 Å². The summed E-state index contributed by atoms with van der Waals surface area (Å²) in [5.74, 6) is 0.121. The number of rotatable bonds is 4. The highest BCUT2D eigenvalue weighted by Gasteiger charge is 2.19. The van der Waals surface area contributed by atoms with Crippen molar-refractivity contribution < 1.29 is 14.3 Å². The van der Waals surface area contributed by atoms with Crippen molar-refractivity contribution in [1.82, 2.24) is 9.78 Å². The Morgan fingerprint density at radius 2 is 1.93 bits per heavy atom. The smallest absolute Gasteiger partial charge is 0.276 e. The number of phenolic OH excluding ortho intramolecular Hbond substituents is 1. The average Bonchev–Trinajstić information content (AvgIpc) is 3.34. The lowest BCUT2D eigenvalue weighted by Gasteiger charge is -2.07. The molecule has 140 valence electrons. The summed E-state index contributed by atoms with van der Waals surface area (Å²) < 4.78 is 7.10. The Labute approximate surface area is 166 Å². The van der Waals surface area contributed by atoms with Crippen molar-refractivity contribution in [3.8, 4) is 22.9 Å². The summed E-state index contributed by atoms with van der Waals surface area (Å²) in [7, 11) is 0. The van der Waals surface area contributed by atoms with Crippen LogP contribution in [0.2, 0.25) is 5.02 Å². The van der Waals surface area contributed by atoms with Crippen LogP contribution in [0.3, 0.4) is 0 Å². The lowest BCUT2D eigenvalue weighted by atomic mass is 10.2. The van der Waals surface area contributed by atoms with Gasteiger partial charge in [-0.2, -0.15) is 5.10 Å². The molecule has 4 aromatic rings. The van der Waals surface area contributed by atoms with Crippen LogP contribution in [-0.2, 0) is 0 Å². The van der Waals surface area contributed by atoms with E-state index >= 15 is 0 Å². The fraction of sp³-hybridized carbons (Fsp3) is 0.0476. The first-order valence-electron chi connectivity index (χ1n) is 8.52. The first-order chi connectivity index (χ1) is 13.5. The van der Waals surface area contributed by atoms with Crippen LogP contribution in [0.4, 0.5) is 5.69 Å². The van der Waals surface area contributed by atoms with Gasteiger partial charge in [-0.25, -0.2) is 4.68 Å². The van der Waals surface area contributed by atoms with Crippen LogP contribution in [0.25, 0.3) is 17.1 Å². The Kier molecular flexibility index (Phi) is 4.63. The summed E-state index contributed by atoms with van der Waals surface area (Å²) in [6, 6.07) is 17.3. The Bertz CT molecular complexity index is 1130. The number of aromatic nitrogens is 2. The number of aryl methyl sites for hydroxylation is 1. The molecule has 0 unspecified atom stereocenters. The number of amides is 1. The van der Waals surface area contributed by atoms with Gasteiger partial charge in [0.15, 0.2) is 11.5 Å². The van der Waals surface area contributed by atoms with Gasteiger partial charge in [-0.15, -0.1) is 0 Å². The Morgan fingerprint density at radius 3 is 2.61 bits per heavy atom. The quantitative estimate of drug-likeness (QED) is 0.475. The minimum absolute atomic E-state index is 0.00302. The third kappa shape index (κ3) is 3.50. The van der Waals surface area contributed by atoms with E-state index in [1.54, 1.807) is 71.6 Å². The van der Waals surface area contributed by atoms with E-state index in [1.165, 1.54) is 0 Å². The van der Waals surface area contributed by atoms with Gasteiger partial charge in [0.25, 0.3) is 5.91 Å². The van der Waals surface area contributed by atoms with E-state index in [1.807, 2.05) is 6.92 Å². The van der Waals surface area contributed by atoms with Gasteiger partial charge in [0.1, 0.15) is 11.4 Å². The zero-order valence-corrected chi connectivity index (χ0v) is 15.6. The van der Waals surface area contributed by atoms with E-state index in [-0.39, 0.29) is 11.4 Å². The van der Waals surface area contributed by atoms with Crippen LogP contribution < -0.4 is 5.32 Å². The molecule has 0 aliphatic rings. The van der Waals surface area contributed by atoms with Crippen LogP contribution in [0.1, 0.15) is 16.1 Å². The summed E-state index contributed by atoms with van der Waals surface area (Å²) in [6.07, 6.45) is 1.55. The van der Waals surface area contributed by atoms with Gasteiger partial charge >= 0.3 is 0 Å². The second-order valence-corrected chi connectivity index (χ2v) is 6.69. The highest BCUT2D eigenvalue weighted by Crippen LogP contribution is 2.27. The zero-order chi connectivity index (χ0) is 19.7. The molecular weight excluding hydrogens is 378 g/mol. The number of anilines is 1. The van der Waals surface area contributed by atoms with Crippen molar-refractivity contribution in [2.45, 2.75) is 6.92 Å². The molecule has 6 nitrogen and oxygen atoms in total. The maximum Gasteiger partial charge on any atom is 0.276 e. The van der Waals surface area contributed by atoms with Crippen LogP contribution in [-0.4, -0.2) is 20.8 Å². The Morgan fingerprint density at radius 1 is 1.14 bits per heavy atom. The fourth-order valence-corrected chi connectivity index (χ4v) is 2.93. The Hall–Kier alpha value is -3.51. The SMILES string of the molecule is Cc1ccc(NC(=O)c2cc(-c3ccco3)n(-c3ccc(Cl)cc3)n2)c(O)c1. The highest BCUT2D eigenvalue weighted by atomic mass is 35.5. The van der Waals surface area contributed by atoms with Crippen molar-refractivity contribution in [2.24, 2.45) is 0 Å². The number of carbonyl (C=O) groups excluding carboxylic acids is 1. The maximum absolute atomic E-state index is 12.7. The molecule has 0 aliphatic heterocycles. The number of halogens is 1. The van der Waals surface area contributed by atoms with Crippen molar-refractivity contribution in [1.29, 1.82) is 0 Å². The summed E-state index contributed by atoms with van der Waals surface area (Å²) in [6.45, 7) is 1.86. The summed E-state index contributed by atoms with van der Waals surface area (Å²) in [4.78, 5) is 12.7. The lowest BCUT2D eigenvalue weighted by Crippen LogP contribution is -2.13. The second-order valence-electron chi connectivity index (χ2n) is 6.26. The molecular formula is C21H16ClN3O3. The standard InChI is InChI=1S/C21H16ClN3O3/c1-13-4-9-16(19(26)11-13)23-21(27)17-12-18(20-3-2-10-28-20)25(24-17)15-7-5-14(22)6-8-15/h2-12,26H,1H3,(H,23,27). The molecule has 0 atom stereocenters. The van der Waals surface area contributed by atoms with E-state index in [0.717, 1.165) is 11.3 Å². The molecule has 2 aromatic heterocycles. The summed E-state index contributed by atoms with van der Waals surface area (Å²) >= 11 is 5.97. The fourth-order valence-electron chi connectivity index (χ4n) is 2.80. The number of nitrogens with one attached hydrogen (secondary N) is 1. The van der Waals surface area contributed by atoms with E-state index in [2.05, 4.69) is 10.4 Å². The molecule has 0 bridgehead atoms. The van der Waals surface area contributed by atoms with Crippen molar-refractivity contribution in [3.63, 3.8) is 0 Å². The summed E-state index contributed by atoms with van der Waals surface area (Å²) in [5.41, 5.74) is 2.73. The van der Waals surface area contributed by atoms with Gasteiger partial charge in [-0.1, -0.05) is 17.7 Å². The average molecular weight is 394 g/mol. The van der Waals surface area contributed by atoms with Gasteiger partial charge in [-0.3, -0.25) is 4.79 Å². The van der Waals surface area contributed by atoms with Gasteiger partial charge < -0.3 is 14.8 Å². The first-order valence-corrected chi connectivity index (χ1v) is 8.90. The molecule has 0 aliphatic carbocycles. The zero-order valence-electron chi connectivity index (χ0n) is 14.9. The van der Waals surface area contributed by atoms with Gasteiger partial charge in [0, 0.05) is 11.1 Å². The maximum atomic E-state index is 12.7. The number of furan rings is 1. The predicted molar refractivity (Wildman–Crippen MR) is 107 cm³/mol. The van der Waals surface area contributed by atoms with Crippen LogP contribution in [0.5, 0.6) is 5.75 Å². The van der Waals surface area contributed by atoms with Gasteiger partial charge in [-0.05, 0) is 61.0 Å². The van der Waals surface area contributed by atoms with E-state index in [4.69, 9.17) is 16.0 Å². The molecule has 7 heteroatoms. The third-order valence-corrected chi connectivity index (χ3v) is 4.44. The molecule has 0 saturated carbocycles. The number of hydrogen-bond acceptors (Lipinski definition) is 4. The van der Waals surface area contributed by atoms with Crippen LogP contribution in [0.15, 0.2) is 71.3 Å². The molecule has 2 heterocycles. The number of benzene rings is 2. The highest BCUT2D eigenvalue weighted by molar-refractivity contribution is 6.30. The number of aromatic hydroxyl groups is 1. The number of hydrogen-bond donors (Lipinski definition) is 2. The molecule has 0 fully saturated rings. The molecule has 0 spiro atoms. The van der Waals surface area contributed by atoms with Gasteiger partial charge in [0.2, 0.25) is 0 Å². The molecule has 0 saturated heterocycles.